The number of nitrogens with zero attached hydrogens (tertiary/aromatic N) is 3. The molecular formula is C16H16ClFN4O2. The molecule has 6 nitrogen and oxygen atoms in total. The molecule has 0 spiro atoms. The molecule has 3 heterocycles. The van der Waals surface area contributed by atoms with Crippen molar-refractivity contribution in [3.63, 3.8) is 0 Å². The second-order valence-corrected chi connectivity index (χ2v) is 6.51. The van der Waals surface area contributed by atoms with Crippen molar-refractivity contribution < 1.29 is 4.39 Å². The van der Waals surface area contributed by atoms with Crippen molar-refractivity contribution in [2.45, 2.75) is 32.9 Å². The Kier molecular flexibility index (Phi) is 4.13. The topological polar surface area (TPSA) is 80.1 Å². The fraction of sp³-hybridized carbons (Fsp3) is 0.375. The summed E-state index contributed by atoms with van der Waals surface area (Å²) in [6, 6.07) is 0.345. The van der Waals surface area contributed by atoms with E-state index in [-0.39, 0.29) is 28.1 Å². The van der Waals surface area contributed by atoms with Crippen LogP contribution in [0.25, 0.3) is 11.0 Å². The summed E-state index contributed by atoms with van der Waals surface area (Å²) >= 11 is 5.78. The molecule has 2 aromatic rings. The minimum absolute atomic E-state index is 0.0265. The summed E-state index contributed by atoms with van der Waals surface area (Å²) in [6.07, 6.45) is 3.51. The first-order valence-corrected chi connectivity index (χ1v) is 7.89. The average Bonchev–Trinajstić information content (AvgIpc) is 2.50. The highest BCUT2D eigenvalue weighted by Gasteiger charge is 2.31. The number of hydrogen-bond donors (Lipinski definition) is 1. The summed E-state index contributed by atoms with van der Waals surface area (Å²) in [4.78, 5) is 35.2. The van der Waals surface area contributed by atoms with E-state index in [4.69, 9.17) is 11.6 Å². The van der Waals surface area contributed by atoms with E-state index in [1.165, 1.54) is 4.57 Å². The second-order valence-electron chi connectivity index (χ2n) is 6.15. The Morgan fingerprint density at radius 2 is 2.08 bits per heavy atom. The highest BCUT2D eigenvalue weighted by atomic mass is 35.5. The van der Waals surface area contributed by atoms with Crippen LogP contribution in [0.1, 0.15) is 26.8 Å². The molecule has 1 aliphatic rings. The van der Waals surface area contributed by atoms with Crippen molar-refractivity contribution in [2.75, 3.05) is 0 Å². The summed E-state index contributed by atoms with van der Waals surface area (Å²) in [5, 5.41) is -0.412. The Hall–Kier alpha value is -2.28. The third-order valence-electron chi connectivity index (χ3n) is 4.17. The number of dihydropyridines is 1. The molecule has 3 rings (SSSR count). The predicted molar refractivity (Wildman–Crippen MR) is 91.5 cm³/mol. The number of aromatic nitrogens is 3. The van der Waals surface area contributed by atoms with Gasteiger partial charge in [-0.05, 0) is 30.6 Å². The zero-order valence-electron chi connectivity index (χ0n) is 13.4. The van der Waals surface area contributed by atoms with E-state index in [0.29, 0.717) is 0 Å². The molecule has 0 aliphatic carbocycles. The molecule has 0 fully saturated rings. The van der Waals surface area contributed by atoms with Gasteiger partial charge in [0, 0.05) is 6.21 Å². The van der Waals surface area contributed by atoms with Gasteiger partial charge in [-0.1, -0.05) is 25.4 Å². The number of pyridine rings is 1. The Balaban J connectivity index is 2.39. The Bertz CT molecular complexity index is 990. The smallest absolute Gasteiger partial charge is 0.287 e. The van der Waals surface area contributed by atoms with E-state index >= 15 is 0 Å². The van der Waals surface area contributed by atoms with Crippen LogP contribution in [0, 0.1) is 11.7 Å². The predicted octanol–water partition coefficient (Wildman–Crippen LogP) is 2.47. The quantitative estimate of drug-likeness (QED) is 0.845. The van der Waals surface area contributed by atoms with Gasteiger partial charge in [-0.2, -0.15) is 0 Å². The van der Waals surface area contributed by atoms with Crippen LogP contribution in [0.15, 0.2) is 32.3 Å². The van der Waals surface area contributed by atoms with Crippen LogP contribution < -0.4 is 11.2 Å². The van der Waals surface area contributed by atoms with E-state index in [1.807, 2.05) is 20.8 Å². The first kappa shape index (κ1) is 16.6. The molecule has 0 aromatic carbocycles. The molecule has 8 heteroatoms. The van der Waals surface area contributed by atoms with E-state index in [0.717, 1.165) is 11.6 Å². The van der Waals surface area contributed by atoms with E-state index in [1.54, 1.807) is 12.3 Å². The molecule has 126 valence electrons. The zero-order chi connectivity index (χ0) is 17.6. The molecule has 0 saturated heterocycles. The Labute approximate surface area is 141 Å². The summed E-state index contributed by atoms with van der Waals surface area (Å²) in [5.74, 6) is -0.672. The van der Waals surface area contributed by atoms with Gasteiger partial charge in [-0.25, -0.2) is 14.2 Å². The van der Waals surface area contributed by atoms with Gasteiger partial charge in [0.05, 0.1) is 17.5 Å². The van der Waals surface area contributed by atoms with Crippen LogP contribution >= 0.6 is 11.6 Å². The largest absolute Gasteiger partial charge is 0.330 e. The first-order valence-electron chi connectivity index (χ1n) is 7.51. The summed E-state index contributed by atoms with van der Waals surface area (Å²) in [7, 11) is 0. The van der Waals surface area contributed by atoms with E-state index in [9.17, 15) is 14.0 Å². The molecule has 2 unspecified atom stereocenters. The standard InChI is InChI=1S/C16H16ClFN4O2/c1-7(2)11-12(8(3)4-5-19-11)22-14-9(15(23)21-16(22)24)6-10(18)13(17)20-14/h4-7,11-12H,1-3H3,(H,21,23,24). The molecule has 2 atom stereocenters. The number of halogens is 2. The van der Waals surface area contributed by atoms with Gasteiger partial charge >= 0.3 is 5.69 Å². The molecule has 24 heavy (non-hydrogen) atoms. The fourth-order valence-electron chi connectivity index (χ4n) is 2.99. The lowest BCUT2D eigenvalue weighted by molar-refractivity contribution is 0.370. The number of H-pyrrole nitrogens is 1. The maximum atomic E-state index is 13.7. The van der Waals surface area contributed by atoms with Crippen LogP contribution in [0.5, 0.6) is 0 Å². The fourth-order valence-corrected chi connectivity index (χ4v) is 3.12. The first-order chi connectivity index (χ1) is 11.3. The average molecular weight is 351 g/mol. The maximum Gasteiger partial charge on any atom is 0.330 e. The van der Waals surface area contributed by atoms with Gasteiger partial charge in [-0.15, -0.1) is 0 Å². The van der Waals surface area contributed by atoms with Crippen molar-refractivity contribution in [1.82, 2.24) is 14.5 Å². The molecule has 0 saturated carbocycles. The van der Waals surface area contributed by atoms with Crippen molar-refractivity contribution in [1.29, 1.82) is 0 Å². The van der Waals surface area contributed by atoms with Gasteiger partial charge < -0.3 is 0 Å². The number of allylic oxidation sites excluding steroid dienone is 1. The van der Waals surface area contributed by atoms with Gasteiger partial charge in [0.25, 0.3) is 5.56 Å². The van der Waals surface area contributed by atoms with Crippen molar-refractivity contribution in [2.24, 2.45) is 10.9 Å². The molecule has 2 aromatic heterocycles. The molecule has 0 bridgehead atoms. The van der Waals surface area contributed by atoms with Crippen molar-refractivity contribution in [3.05, 3.63) is 49.5 Å². The molecule has 1 aliphatic heterocycles. The summed E-state index contributed by atoms with van der Waals surface area (Å²) in [5.41, 5.74) is -0.378. The molecule has 0 amide bonds. The molecular weight excluding hydrogens is 335 g/mol. The Morgan fingerprint density at radius 3 is 2.75 bits per heavy atom. The lowest BCUT2D eigenvalue weighted by atomic mass is 9.90. The van der Waals surface area contributed by atoms with Crippen molar-refractivity contribution >= 4 is 28.8 Å². The van der Waals surface area contributed by atoms with Gasteiger partial charge in [0.1, 0.15) is 0 Å². The van der Waals surface area contributed by atoms with Gasteiger partial charge in [0.2, 0.25) is 0 Å². The monoisotopic (exact) mass is 350 g/mol. The van der Waals surface area contributed by atoms with E-state index in [2.05, 4.69) is 15.0 Å². The highest BCUT2D eigenvalue weighted by Crippen LogP contribution is 2.31. The molecule has 1 N–H and O–H groups in total. The van der Waals surface area contributed by atoms with Crippen LogP contribution in [-0.4, -0.2) is 26.8 Å². The lowest BCUT2D eigenvalue weighted by Gasteiger charge is -2.31. The van der Waals surface area contributed by atoms with Crippen LogP contribution in [0.3, 0.4) is 0 Å². The van der Waals surface area contributed by atoms with Gasteiger partial charge in [0.15, 0.2) is 16.6 Å². The number of aliphatic imine (C=N–C) groups is 1. The third kappa shape index (κ3) is 2.58. The van der Waals surface area contributed by atoms with Crippen LogP contribution in [0.2, 0.25) is 5.15 Å². The van der Waals surface area contributed by atoms with E-state index < -0.39 is 23.1 Å². The number of rotatable bonds is 2. The maximum absolute atomic E-state index is 13.7. The number of aromatic amines is 1. The summed E-state index contributed by atoms with van der Waals surface area (Å²) in [6.45, 7) is 5.86. The SMILES string of the molecule is CC1=CC=NC(C(C)C)C1n1c(=O)[nH]c(=O)c2cc(F)c(Cl)nc21. The summed E-state index contributed by atoms with van der Waals surface area (Å²) < 4.78 is 15.1. The second kappa shape index (κ2) is 5.98. The normalized spacial score (nSPS) is 20.7. The van der Waals surface area contributed by atoms with Gasteiger partial charge in [-0.3, -0.25) is 19.3 Å². The molecule has 0 radical (unpaired) electrons. The van der Waals surface area contributed by atoms with Crippen LogP contribution in [0.4, 0.5) is 4.39 Å². The Morgan fingerprint density at radius 1 is 1.38 bits per heavy atom. The number of nitrogens with one attached hydrogen (secondary N) is 1. The lowest BCUT2D eigenvalue weighted by Crippen LogP contribution is -2.40. The number of hydrogen-bond acceptors (Lipinski definition) is 4. The number of fused-ring (bicyclic) bond motifs is 1. The zero-order valence-corrected chi connectivity index (χ0v) is 14.1. The minimum Gasteiger partial charge on any atom is -0.287 e. The van der Waals surface area contributed by atoms with Crippen LogP contribution in [-0.2, 0) is 0 Å². The minimum atomic E-state index is -0.811. The van der Waals surface area contributed by atoms with Crippen molar-refractivity contribution in [3.8, 4) is 0 Å². The third-order valence-corrected chi connectivity index (χ3v) is 4.44. The highest BCUT2D eigenvalue weighted by molar-refractivity contribution is 6.29.